The smallest absolute Gasteiger partial charge is 0.412 e. The number of ether oxygens (including phenoxy) is 3. The Hall–Kier alpha value is -2.38. The zero-order valence-corrected chi connectivity index (χ0v) is 16.0. The summed E-state index contributed by atoms with van der Waals surface area (Å²) in [6, 6.07) is 5.10. The number of carbonyl (C=O) groups is 1. The maximum absolute atomic E-state index is 12.1. The van der Waals surface area contributed by atoms with Gasteiger partial charge >= 0.3 is 6.09 Å². The van der Waals surface area contributed by atoms with E-state index in [-0.39, 0.29) is 5.15 Å². The van der Waals surface area contributed by atoms with Gasteiger partial charge < -0.3 is 14.2 Å². The predicted octanol–water partition coefficient (Wildman–Crippen LogP) is 4.17. The van der Waals surface area contributed by atoms with Crippen LogP contribution in [0.3, 0.4) is 0 Å². The number of halogens is 1. The maximum atomic E-state index is 12.1. The zero-order chi connectivity index (χ0) is 19.2. The van der Waals surface area contributed by atoms with Crippen molar-refractivity contribution in [1.82, 2.24) is 9.97 Å². The molecule has 0 radical (unpaired) electrons. The highest BCUT2D eigenvalue weighted by Crippen LogP contribution is 2.29. The molecule has 0 bridgehead atoms. The van der Waals surface area contributed by atoms with Gasteiger partial charge in [0.25, 0.3) is 0 Å². The van der Waals surface area contributed by atoms with E-state index < -0.39 is 11.7 Å². The summed E-state index contributed by atoms with van der Waals surface area (Å²) < 4.78 is 15.7. The molecule has 2 aromatic rings. The van der Waals surface area contributed by atoms with E-state index in [1.54, 1.807) is 58.5 Å². The number of nitrogens with zero attached hydrogens (tertiary/aromatic N) is 2. The first-order chi connectivity index (χ1) is 12.3. The summed E-state index contributed by atoms with van der Waals surface area (Å²) >= 11 is 5.96. The van der Waals surface area contributed by atoms with Crippen LogP contribution in [0.5, 0.6) is 5.75 Å². The number of aromatic nitrogens is 2. The minimum Gasteiger partial charge on any atom is -0.490 e. The lowest BCUT2D eigenvalue weighted by Gasteiger charge is -2.20. The monoisotopic (exact) mass is 379 g/mol. The molecule has 1 N–H and O–H groups in total. The van der Waals surface area contributed by atoms with E-state index in [0.717, 1.165) is 0 Å². The van der Waals surface area contributed by atoms with Gasteiger partial charge in [-0.1, -0.05) is 11.6 Å². The van der Waals surface area contributed by atoms with E-state index >= 15 is 0 Å². The van der Waals surface area contributed by atoms with Crippen LogP contribution in [0.4, 0.5) is 10.5 Å². The SMILES string of the molecule is COCCOc1ccc(-c2cnc(Cl)cc2NC(=O)OC(C)(C)C)nc1. The lowest BCUT2D eigenvalue weighted by atomic mass is 10.1. The van der Waals surface area contributed by atoms with Crippen molar-refractivity contribution < 1.29 is 19.0 Å². The number of anilines is 1. The van der Waals surface area contributed by atoms with Crippen molar-refractivity contribution >= 4 is 23.4 Å². The summed E-state index contributed by atoms with van der Waals surface area (Å²) in [5.74, 6) is 0.620. The molecule has 0 aliphatic rings. The standard InChI is InChI=1S/C18H22ClN3O4/c1-18(2,3)26-17(23)22-15-9-16(19)21-11-13(15)14-6-5-12(10-20-14)25-8-7-24-4/h5-6,9-11H,7-8H2,1-4H3,(H,21,22,23). The summed E-state index contributed by atoms with van der Waals surface area (Å²) in [6.45, 7) is 6.29. The van der Waals surface area contributed by atoms with Crippen LogP contribution in [-0.2, 0) is 9.47 Å². The zero-order valence-electron chi connectivity index (χ0n) is 15.2. The molecule has 0 aliphatic carbocycles. The molecule has 2 aromatic heterocycles. The van der Waals surface area contributed by atoms with E-state index in [1.807, 2.05) is 0 Å². The van der Waals surface area contributed by atoms with E-state index in [2.05, 4.69) is 15.3 Å². The molecule has 1 amide bonds. The summed E-state index contributed by atoms with van der Waals surface area (Å²) in [5.41, 5.74) is 1.07. The Morgan fingerprint density at radius 2 is 1.96 bits per heavy atom. The summed E-state index contributed by atoms with van der Waals surface area (Å²) in [5, 5.41) is 2.94. The Kier molecular flexibility index (Phi) is 6.76. The van der Waals surface area contributed by atoms with E-state index in [9.17, 15) is 4.79 Å². The highest BCUT2D eigenvalue weighted by molar-refractivity contribution is 6.29. The van der Waals surface area contributed by atoms with Crippen molar-refractivity contribution in [1.29, 1.82) is 0 Å². The van der Waals surface area contributed by atoms with Crippen molar-refractivity contribution in [2.24, 2.45) is 0 Å². The largest absolute Gasteiger partial charge is 0.490 e. The topological polar surface area (TPSA) is 82.6 Å². The van der Waals surface area contributed by atoms with Crippen molar-refractivity contribution in [3.63, 3.8) is 0 Å². The van der Waals surface area contributed by atoms with E-state index in [1.165, 1.54) is 0 Å². The van der Waals surface area contributed by atoms with Crippen LogP contribution in [0.1, 0.15) is 20.8 Å². The highest BCUT2D eigenvalue weighted by Gasteiger charge is 2.18. The highest BCUT2D eigenvalue weighted by atomic mass is 35.5. The van der Waals surface area contributed by atoms with Gasteiger partial charge in [-0.25, -0.2) is 9.78 Å². The molecular weight excluding hydrogens is 358 g/mol. The molecule has 26 heavy (non-hydrogen) atoms. The molecular formula is C18H22ClN3O4. The van der Waals surface area contributed by atoms with Gasteiger partial charge in [-0.15, -0.1) is 0 Å². The van der Waals surface area contributed by atoms with Gasteiger partial charge in [-0.2, -0.15) is 0 Å². The number of nitrogens with one attached hydrogen (secondary N) is 1. The predicted molar refractivity (Wildman–Crippen MR) is 99.7 cm³/mol. The number of methoxy groups -OCH3 is 1. The summed E-state index contributed by atoms with van der Waals surface area (Å²) in [6.07, 6.45) is 2.56. The first-order valence-corrected chi connectivity index (χ1v) is 8.40. The van der Waals surface area contributed by atoms with E-state index in [0.29, 0.717) is 35.9 Å². The van der Waals surface area contributed by atoms with Gasteiger partial charge in [-0.05, 0) is 39.0 Å². The third-order valence-corrected chi connectivity index (χ3v) is 3.28. The fourth-order valence-corrected chi connectivity index (χ4v) is 2.18. The van der Waals surface area contributed by atoms with Crippen LogP contribution in [0.15, 0.2) is 30.6 Å². The number of rotatable bonds is 6. The van der Waals surface area contributed by atoms with Gasteiger partial charge in [0.1, 0.15) is 23.1 Å². The molecule has 2 rings (SSSR count). The third kappa shape index (κ3) is 6.16. The van der Waals surface area contributed by atoms with Crippen LogP contribution in [0, 0.1) is 0 Å². The van der Waals surface area contributed by atoms with Gasteiger partial charge in [0.2, 0.25) is 0 Å². The summed E-state index contributed by atoms with van der Waals surface area (Å²) in [7, 11) is 1.61. The van der Waals surface area contributed by atoms with Crippen molar-refractivity contribution in [2.45, 2.75) is 26.4 Å². The fourth-order valence-electron chi connectivity index (χ4n) is 2.02. The molecule has 0 unspecified atom stereocenters. The molecule has 140 valence electrons. The average Bonchev–Trinajstić information content (AvgIpc) is 2.54. The molecule has 0 spiro atoms. The fraction of sp³-hybridized carbons (Fsp3) is 0.389. The van der Waals surface area contributed by atoms with Crippen LogP contribution >= 0.6 is 11.6 Å². The van der Waals surface area contributed by atoms with Crippen LogP contribution in [0.2, 0.25) is 5.15 Å². The number of hydrogen-bond donors (Lipinski definition) is 1. The molecule has 0 aromatic carbocycles. The molecule has 0 atom stereocenters. The molecule has 0 saturated carbocycles. The minimum absolute atomic E-state index is 0.249. The minimum atomic E-state index is -0.611. The second-order valence-corrected chi connectivity index (χ2v) is 6.79. The van der Waals surface area contributed by atoms with Gasteiger partial charge in [0, 0.05) is 18.9 Å². The molecule has 0 fully saturated rings. The van der Waals surface area contributed by atoms with E-state index in [4.69, 9.17) is 25.8 Å². The number of pyridine rings is 2. The number of carbonyl (C=O) groups excluding carboxylic acids is 1. The Morgan fingerprint density at radius 3 is 2.58 bits per heavy atom. The lowest BCUT2D eigenvalue weighted by molar-refractivity contribution is 0.0636. The Labute approximate surface area is 157 Å². The molecule has 0 aliphatic heterocycles. The second kappa shape index (κ2) is 8.82. The normalized spacial score (nSPS) is 11.1. The van der Waals surface area contributed by atoms with Gasteiger partial charge in [0.05, 0.1) is 24.2 Å². The average molecular weight is 380 g/mol. The molecule has 7 nitrogen and oxygen atoms in total. The number of hydrogen-bond acceptors (Lipinski definition) is 6. The van der Waals surface area contributed by atoms with Crippen LogP contribution in [-0.4, -0.2) is 42.0 Å². The molecule has 8 heteroatoms. The quantitative estimate of drug-likeness (QED) is 0.599. The Bertz CT molecular complexity index is 745. The van der Waals surface area contributed by atoms with Crippen molar-refractivity contribution in [3.05, 3.63) is 35.7 Å². The van der Waals surface area contributed by atoms with Crippen molar-refractivity contribution in [3.8, 4) is 17.0 Å². The lowest BCUT2D eigenvalue weighted by Crippen LogP contribution is -2.27. The van der Waals surface area contributed by atoms with Gasteiger partial charge in [-0.3, -0.25) is 10.3 Å². The molecule has 0 saturated heterocycles. The van der Waals surface area contributed by atoms with Crippen LogP contribution in [0.25, 0.3) is 11.3 Å². The third-order valence-electron chi connectivity index (χ3n) is 3.07. The van der Waals surface area contributed by atoms with Crippen LogP contribution < -0.4 is 10.1 Å². The Morgan fingerprint density at radius 1 is 1.19 bits per heavy atom. The first kappa shape index (κ1) is 19.9. The Balaban J connectivity index is 2.19. The van der Waals surface area contributed by atoms with Crippen molar-refractivity contribution in [2.75, 3.05) is 25.6 Å². The number of amides is 1. The maximum Gasteiger partial charge on any atom is 0.412 e. The first-order valence-electron chi connectivity index (χ1n) is 8.02. The molecule has 2 heterocycles. The second-order valence-electron chi connectivity index (χ2n) is 6.40. The summed E-state index contributed by atoms with van der Waals surface area (Å²) in [4.78, 5) is 20.5. The van der Waals surface area contributed by atoms with Gasteiger partial charge in [0.15, 0.2) is 0 Å².